The Bertz CT molecular complexity index is 896. The Kier molecular flexibility index (Phi) is 5.08. The number of amides is 1. The first-order valence-corrected chi connectivity index (χ1v) is 7.94. The zero-order valence-electron chi connectivity index (χ0n) is 13.6. The molecule has 0 aromatic heterocycles. The molecule has 0 spiro atoms. The van der Waals surface area contributed by atoms with Gasteiger partial charge in [0.2, 0.25) is 5.91 Å². The van der Waals surface area contributed by atoms with E-state index in [9.17, 15) is 4.79 Å². The zero-order valence-corrected chi connectivity index (χ0v) is 13.6. The molecular weight excluding hydrogens is 310 g/mol. The molecule has 0 radical (unpaired) electrons. The molecule has 0 unspecified atom stereocenters. The zero-order chi connectivity index (χ0) is 17.5. The summed E-state index contributed by atoms with van der Waals surface area (Å²) in [6, 6.07) is 26.5. The quantitative estimate of drug-likeness (QED) is 0.726. The first-order valence-electron chi connectivity index (χ1n) is 7.94. The van der Waals surface area contributed by atoms with E-state index < -0.39 is 0 Å². The van der Waals surface area contributed by atoms with Gasteiger partial charge in [0.1, 0.15) is 6.07 Å². The Labute approximate surface area is 146 Å². The molecule has 0 heterocycles. The van der Waals surface area contributed by atoms with Crippen molar-refractivity contribution in [1.29, 1.82) is 5.26 Å². The van der Waals surface area contributed by atoms with Gasteiger partial charge in [0.15, 0.2) is 0 Å². The van der Waals surface area contributed by atoms with Crippen LogP contribution < -0.4 is 10.6 Å². The first-order chi connectivity index (χ1) is 12.2. The smallest absolute Gasteiger partial charge is 0.228 e. The van der Waals surface area contributed by atoms with Crippen LogP contribution in [0.4, 0.5) is 17.1 Å². The van der Waals surface area contributed by atoms with Crippen LogP contribution in [0.1, 0.15) is 11.1 Å². The maximum atomic E-state index is 12.1. The number of hydrogen-bond acceptors (Lipinski definition) is 3. The SMILES string of the molecule is N#Cc1ccccc1Nc1ccc(NC(=O)Cc2ccccc2)cc1. The van der Waals surface area contributed by atoms with Gasteiger partial charge in [-0.25, -0.2) is 0 Å². The molecule has 0 aliphatic carbocycles. The van der Waals surface area contributed by atoms with Crippen LogP contribution in [-0.4, -0.2) is 5.91 Å². The van der Waals surface area contributed by atoms with Crippen LogP contribution in [0.2, 0.25) is 0 Å². The van der Waals surface area contributed by atoms with Gasteiger partial charge in [-0.05, 0) is 42.0 Å². The van der Waals surface area contributed by atoms with E-state index in [1.807, 2.05) is 72.8 Å². The number of nitrogens with one attached hydrogen (secondary N) is 2. The van der Waals surface area contributed by atoms with E-state index >= 15 is 0 Å². The highest BCUT2D eigenvalue weighted by atomic mass is 16.1. The molecule has 2 N–H and O–H groups in total. The number of nitrogens with zero attached hydrogens (tertiary/aromatic N) is 1. The Hall–Kier alpha value is -3.58. The van der Waals surface area contributed by atoms with Gasteiger partial charge in [-0.2, -0.15) is 5.26 Å². The summed E-state index contributed by atoms with van der Waals surface area (Å²) in [5.41, 5.74) is 3.91. The van der Waals surface area contributed by atoms with Crippen LogP contribution in [0.3, 0.4) is 0 Å². The van der Waals surface area contributed by atoms with Gasteiger partial charge in [-0.3, -0.25) is 4.79 Å². The van der Waals surface area contributed by atoms with Gasteiger partial charge in [-0.1, -0.05) is 42.5 Å². The summed E-state index contributed by atoms with van der Waals surface area (Å²) in [7, 11) is 0. The molecule has 0 fully saturated rings. The molecule has 0 bridgehead atoms. The molecule has 0 aliphatic rings. The van der Waals surface area contributed by atoms with Gasteiger partial charge < -0.3 is 10.6 Å². The van der Waals surface area contributed by atoms with E-state index in [1.54, 1.807) is 6.07 Å². The molecule has 25 heavy (non-hydrogen) atoms. The fourth-order valence-electron chi connectivity index (χ4n) is 2.47. The van der Waals surface area contributed by atoms with Gasteiger partial charge >= 0.3 is 0 Å². The lowest BCUT2D eigenvalue weighted by molar-refractivity contribution is -0.115. The summed E-state index contributed by atoms with van der Waals surface area (Å²) in [5.74, 6) is -0.0539. The predicted molar refractivity (Wildman–Crippen MR) is 99.7 cm³/mol. The first kappa shape index (κ1) is 16.3. The van der Waals surface area contributed by atoms with Crippen LogP contribution in [0.15, 0.2) is 78.9 Å². The third-order valence-electron chi connectivity index (χ3n) is 3.70. The van der Waals surface area contributed by atoms with Gasteiger partial charge in [0.05, 0.1) is 17.7 Å². The standard InChI is InChI=1S/C21H17N3O/c22-15-17-8-4-5-9-20(17)23-18-10-12-19(13-11-18)24-21(25)14-16-6-2-1-3-7-16/h1-13,23H,14H2,(H,24,25). The van der Waals surface area contributed by atoms with Crippen molar-refractivity contribution in [2.75, 3.05) is 10.6 Å². The Balaban J connectivity index is 1.62. The van der Waals surface area contributed by atoms with Crippen molar-refractivity contribution in [1.82, 2.24) is 0 Å². The second-order valence-corrected chi connectivity index (χ2v) is 5.57. The molecule has 1 amide bonds. The number of anilines is 3. The Morgan fingerprint density at radius 3 is 2.20 bits per heavy atom. The molecule has 0 saturated heterocycles. The topological polar surface area (TPSA) is 64.9 Å². The number of hydrogen-bond donors (Lipinski definition) is 2. The van der Waals surface area contributed by atoms with E-state index in [1.165, 1.54) is 0 Å². The minimum atomic E-state index is -0.0539. The summed E-state index contributed by atoms with van der Waals surface area (Å²) in [6.45, 7) is 0. The van der Waals surface area contributed by atoms with Crippen LogP contribution in [-0.2, 0) is 11.2 Å². The van der Waals surface area contributed by atoms with Crippen molar-refractivity contribution in [3.8, 4) is 6.07 Å². The lowest BCUT2D eigenvalue weighted by Crippen LogP contribution is -2.14. The van der Waals surface area contributed by atoms with Crippen LogP contribution in [0, 0.1) is 11.3 Å². The fourth-order valence-corrected chi connectivity index (χ4v) is 2.47. The number of nitriles is 1. The number of para-hydroxylation sites is 1. The van der Waals surface area contributed by atoms with Gasteiger partial charge in [0, 0.05) is 11.4 Å². The van der Waals surface area contributed by atoms with Crippen molar-refractivity contribution >= 4 is 23.0 Å². The van der Waals surface area contributed by atoms with Crippen LogP contribution in [0.5, 0.6) is 0 Å². The van der Waals surface area contributed by atoms with E-state index in [-0.39, 0.29) is 5.91 Å². The second-order valence-electron chi connectivity index (χ2n) is 5.57. The number of carbonyl (C=O) groups is 1. The maximum absolute atomic E-state index is 12.1. The normalized spacial score (nSPS) is 9.88. The third kappa shape index (κ3) is 4.46. The van der Waals surface area contributed by atoms with E-state index in [2.05, 4.69) is 16.7 Å². The molecule has 3 rings (SSSR count). The minimum Gasteiger partial charge on any atom is -0.354 e. The van der Waals surface area contributed by atoms with Gasteiger partial charge in [-0.15, -0.1) is 0 Å². The number of carbonyl (C=O) groups excluding carboxylic acids is 1. The molecule has 0 aliphatic heterocycles. The van der Waals surface area contributed by atoms with Gasteiger partial charge in [0.25, 0.3) is 0 Å². The number of rotatable bonds is 5. The molecule has 122 valence electrons. The summed E-state index contributed by atoms with van der Waals surface area (Å²) >= 11 is 0. The fraction of sp³-hybridized carbons (Fsp3) is 0.0476. The van der Waals surface area contributed by atoms with Crippen molar-refractivity contribution in [3.05, 3.63) is 90.0 Å². The summed E-state index contributed by atoms with van der Waals surface area (Å²) in [5, 5.41) is 15.2. The van der Waals surface area contributed by atoms with E-state index in [4.69, 9.17) is 5.26 Å². The predicted octanol–water partition coefficient (Wildman–Crippen LogP) is 4.48. The molecule has 4 heteroatoms. The van der Waals surface area contributed by atoms with E-state index in [0.717, 1.165) is 22.6 Å². The number of benzene rings is 3. The molecule has 0 atom stereocenters. The second kappa shape index (κ2) is 7.80. The third-order valence-corrected chi connectivity index (χ3v) is 3.70. The van der Waals surface area contributed by atoms with Crippen LogP contribution in [0.25, 0.3) is 0 Å². The molecule has 3 aromatic rings. The van der Waals surface area contributed by atoms with Crippen molar-refractivity contribution in [2.24, 2.45) is 0 Å². The van der Waals surface area contributed by atoms with E-state index in [0.29, 0.717) is 12.0 Å². The van der Waals surface area contributed by atoms with Crippen molar-refractivity contribution in [3.63, 3.8) is 0 Å². The summed E-state index contributed by atoms with van der Waals surface area (Å²) in [6.07, 6.45) is 0.344. The monoisotopic (exact) mass is 327 g/mol. The molecule has 0 saturated carbocycles. The Morgan fingerprint density at radius 1 is 0.840 bits per heavy atom. The summed E-state index contributed by atoms with van der Waals surface area (Å²) in [4.78, 5) is 12.1. The lowest BCUT2D eigenvalue weighted by atomic mass is 10.1. The minimum absolute atomic E-state index is 0.0539. The molecule has 4 nitrogen and oxygen atoms in total. The highest BCUT2D eigenvalue weighted by Gasteiger charge is 2.05. The maximum Gasteiger partial charge on any atom is 0.228 e. The lowest BCUT2D eigenvalue weighted by Gasteiger charge is -2.10. The molecule has 3 aromatic carbocycles. The van der Waals surface area contributed by atoms with Crippen molar-refractivity contribution in [2.45, 2.75) is 6.42 Å². The Morgan fingerprint density at radius 2 is 1.48 bits per heavy atom. The highest BCUT2D eigenvalue weighted by Crippen LogP contribution is 2.21. The van der Waals surface area contributed by atoms with Crippen LogP contribution >= 0.6 is 0 Å². The largest absolute Gasteiger partial charge is 0.354 e. The molecular formula is C21H17N3O. The average Bonchev–Trinajstić information content (AvgIpc) is 2.64. The highest BCUT2D eigenvalue weighted by molar-refractivity contribution is 5.92. The van der Waals surface area contributed by atoms with Crippen molar-refractivity contribution < 1.29 is 4.79 Å². The average molecular weight is 327 g/mol. The summed E-state index contributed by atoms with van der Waals surface area (Å²) < 4.78 is 0.